The Labute approximate surface area is 190 Å². The maximum absolute atomic E-state index is 13.2. The van der Waals surface area contributed by atoms with Gasteiger partial charge in [-0.05, 0) is 41.7 Å². The Morgan fingerprint density at radius 1 is 0.719 bits per heavy atom. The van der Waals surface area contributed by atoms with Crippen molar-refractivity contribution >= 4 is 5.91 Å². The zero-order valence-corrected chi connectivity index (χ0v) is 19.0. The summed E-state index contributed by atoms with van der Waals surface area (Å²) in [6.07, 6.45) is 1.82. The van der Waals surface area contributed by atoms with Gasteiger partial charge in [-0.25, -0.2) is 0 Å². The van der Waals surface area contributed by atoms with E-state index in [1.807, 2.05) is 53.4 Å². The highest BCUT2D eigenvalue weighted by atomic mass is 16.5. The van der Waals surface area contributed by atoms with Crippen molar-refractivity contribution in [2.75, 3.05) is 27.9 Å². The van der Waals surface area contributed by atoms with Crippen molar-refractivity contribution in [1.29, 1.82) is 0 Å². The fourth-order valence-corrected chi connectivity index (χ4v) is 3.69. The number of nitrogens with zero attached hydrogens (tertiary/aromatic N) is 1. The molecule has 0 heterocycles. The van der Waals surface area contributed by atoms with Gasteiger partial charge in [-0.1, -0.05) is 60.7 Å². The first kappa shape index (κ1) is 23.2. The molecule has 0 N–H and O–H groups in total. The van der Waals surface area contributed by atoms with E-state index in [-0.39, 0.29) is 5.91 Å². The Balaban J connectivity index is 1.71. The van der Waals surface area contributed by atoms with Gasteiger partial charge in [-0.15, -0.1) is 0 Å². The highest BCUT2D eigenvalue weighted by molar-refractivity contribution is 5.76. The monoisotopic (exact) mass is 433 g/mol. The number of amides is 1. The molecule has 0 radical (unpaired) electrons. The van der Waals surface area contributed by atoms with E-state index in [4.69, 9.17) is 14.2 Å². The molecule has 0 aromatic heterocycles. The van der Waals surface area contributed by atoms with Crippen LogP contribution in [0.4, 0.5) is 0 Å². The fourth-order valence-electron chi connectivity index (χ4n) is 3.69. The van der Waals surface area contributed by atoms with Crippen LogP contribution in [0.25, 0.3) is 0 Å². The molecule has 0 atom stereocenters. The van der Waals surface area contributed by atoms with Crippen molar-refractivity contribution in [2.24, 2.45) is 0 Å². The third-order valence-corrected chi connectivity index (χ3v) is 5.43. The largest absolute Gasteiger partial charge is 0.493 e. The van der Waals surface area contributed by atoms with Gasteiger partial charge in [0.2, 0.25) is 11.7 Å². The van der Waals surface area contributed by atoms with Crippen LogP contribution in [0.5, 0.6) is 17.2 Å². The lowest BCUT2D eigenvalue weighted by atomic mass is 10.1. The zero-order valence-electron chi connectivity index (χ0n) is 19.0. The standard InChI is InChI=1S/C27H31NO4/c1-30-24-18-23(19-25(31-2)27(24)32-3)14-15-26(29)28(20-22-12-8-5-9-13-22)17-16-21-10-6-4-7-11-21/h4-13,18-19H,14-17,20H2,1-3H3. The normalized spacial score (nSPS) is 10.5. The summed E-state index contributed by atoms with van der Waals surface area (Å²) in [6.45, 7) is 1.27. The summed E-state index contributed by atoms with van der Waals surface area (Å²) in [7, 11) is 4.77. The second-order valence-corrected chi connectivity index (χ2v) is 7.57. The highest BCUT2D eigenvalue weighted by Crippen LogP contribution is 2.38. The molecule has 5 nitrogen and oxygen atoms in total. The second kappa shape index (κ2) is 11.8. The molecule has 3 aromatic rings. The van der Waals surface area contributed by atoms with Gasteiger partial charge in [0.1, 0.15) is 0 Å². The number of methoxy groups -OCH3 is 3. The lowest BCUT2D eigenvalue weighted by molar-refractivity contribution is -0.131. The predicted molar refractivity (Wildman–Crippen MR) is 126 cm³/mol. The van der Waals surface area contributed by atoms with Crippen molar-refractivity contribution in [1.82, 2.24) is 4.90 Å². The molecule has 0 aliphatic carbocycles. The molecule has 0 unspecified atom stereocenters. The molecule has 0 fully saturated rings. The average Bonchev–Trinajstić information content (AvgIpc) is 2.85. The van der Waals surface area contributed by atoms with E-state index in [0.29, 0.717) is 43.2 Å². The van der Waals surface area contributed by atoms with Crippen LogP contribution >= 0.6 is 0 Å². The lowest BCUT2D eigenvalue weighted by Crippen LogP contribution is -2.32. The minimum absolute atomic E-state index is 0.124. The summed E-state index contributed by atoms with van der Waals surface area (Å²) in [5.74, 6) is 1.87. The average molecular weight is 434 g/mol. The van der Waals surface area contributed by atoms with E-state index in [9.17, 15) is 4.79 Å². The number of hydrogen-bond acceptors (Lipinski definition) is 4. The molecule has 32 heavy (non-hydrogen) atoms. The summed E-state index contributed by atoms with van der Waals surface area (Å²) < 4.78 is 16.3. The summed E-state index contributed by atoms with van der Waals surface area (Å²) in [5.41, 5.74) is 3.32. The third kappa shape index (κ3) is 6.27. The Bertz CT molecular complexity index is 964. The number of ether oxygens (including phenoxy) is 3. The van der Waals surface area contributed by atoms with Gasteiger partial charge >= 0.3 is 0 Å². The quantitative estimate of drug-likeness (QED) is 0.431. The Kier molecular flexibility index (Phi) is 8.55. The van der Waals surface area contributed by atoms with Crippen LogP contribution in [0, 0.1) is 0 Å². The molecule has 1 amide bonds. The first-order chi connectivity index (χ1) is 15.6. The van der Waals surface area contributed by atoms with E-state index < -0.39 is 0 Å². The van der Waals surface area contributed by atoms with E-state index in [1.54, 1.807) is 21.3 Å². The van der Waals surface area contributed by atoms with Crippen molar-refractivity contribution in [3.63, 3.8) is 0 Å². The van der Waals surface area contributed by atoms with Crippen molar-refractivity contribution in [3.8, 4) is 17.2 Å². The van der Waals surface area contributed by atoms with Gasteiger partial charge in [0.25, 0.3) is 0 Å². The molecule has 3 aromatic carbocycles. The van der Waals surface area contributed by atoms with Gasteiger partial charge in [0.15, 0.2) is 11.5 Å². The van der Waals surface area contributed by atoms with Gasteiger partial charge in [0.05, 0.1) is 21.3 Å². The van der Waals surface area contributed by atoms with Crippen LogP contribution in [-0.2, 0) is 24.2 Å². The predicted octanol–water partition coefficient (Wildman–Crippen LogP) is 4.92. The van der Waals surface area contributed by atoms with Gasteiger partial charge in [-0.3, -0.25) is 4.79 Å². The van der Waals surface area contributed by atoms with Crippen LogP contribution < -0.4 is 14.2 Å². The van der Waals surface area contributed by atoms with Gasteiger partial charge in [0, 0.05) is 19.5 Å². The molecule has 0 saturated carbocycles. The number of carbonyl (C=O) groups is 1. The minimum atomic E-state index is 0.124. The van der Waals surface area contributed by atoms with E-state index in [0.717, 1.165) is 17.5 Å². The van der Waals surface area contributed by atoms with Gasteiger partial charge < -0.3 is 19.1 Å². The Morgan fingerprint density at radius 3 is 1.81 bits per heavy atom. The molecular formula is C27H31NO4. The molecule has 0 spiro atoms. The third-order valence-electron chi connectivity index (χ3n) is 5.43. The van der Waals surface area contributed by atoms with Crippen LogP contribution in [0.15, 0.2) is 72.8 Å². The topological polar surface area (TPSA) is 48.0 Å². The molecule has 3 rings (SSSR count). The molecule has 168 valence electrons. The van der Waals surface area contributed by atoms with Crippen LogP contribution in [0.2, 0.25) is 0 Å². The molecule has 0 aliphatic rings. The molecular weight excluding hydrogens is 402 g/mol. The summed E-state index contributed by atoms with van der Waals surface area (Å²) >= 11 is 0. The summed E-state index contributed by atoms with van der Waals surface area (Å²) in [5, 5.41) is 0. The van der Waals surface area contributed by atoms with Crippen molar-refractivity contribution in [3.05, 3.63) is 89.5 Å². The number of benzene rings is 3. The first-order valence-electron chi connectivity index (χ1n) is 10.8. The van der Waals surface area contributed by atoms with Crippen molar-refractivity contribution in [2.45, 2.75) is 25.8 Å². The summed E-state index contributed by atoms with van der Waals surface area (Å²) in [4.78, 5) is 15.2. The Hall–Kier alpha value is -3.47. The molecule has 5 heteroatoms. The highest BCUT2D eigenvalue weighted by Gasteiger charge is 2.17. The SMILES string of the molecule is COc1cc(CCC(=O)N(CCc2ccccc2)Cc2ccccc2)cc(OC)c1OC. The molecule has 0 saturated heterocycles. The smallest absolute Gasteiger partial charge is 0.223 e. The minimum Gasteiger partial charge on any atom is -0.493 e. The number of aryl methyl sites for hydroxylation is 1. The van der Waals surface area contributed by atoms with Crippen LogP contribution in [0.1, 0.15) is 23.1 Å². The zero-order chi connectivity index (χ0) is 22.8. The van der Waals surface area contributed by atoms with Crippen molar-refractivity contribution < 1.29 is 19.0 Å². The first-order valence-corrected chi connectivity index (χ1v) is 10.8. The maximum Gasteiger partial charge on any atom is 0.223 e. The number of hydrogen-bond donors (Lipinski definition) is 0. The van der Waals surface area contributed by atoms with E-state index in [2.05, 4.69) is 24.3 Å². The second-order valence-electron chi connectivity index (χ2n) is 7.57. The number of carbonyl (C=O) groups excluding carboxylic acids is 1. The van der Waals surface area contributed by atoms with Crippen LogP contribution in [0.3, 0.4) is 0 Å². The maximum atomic E-state index is 13.2. The molecule has 0 aliphatic heterocycles. The van der Waals surface area contributed by atoms with E-state index in [1.165, 1.54) is 5.56 Å². The van der Waals surface area contributed by atoms with Gasteiger partial charge in [-0.2, -0.15) is 0 Å². The fraction of sp³-hybridized carbons (Fsp3) is 0.296. The summed E-state index contributed by atoms with van der Waals surface area (Å²) in [6, 6.07) is 24.2. The lowest BCUT2D eigenvalue weighted by Gasteiger charge is -2.23. The molecule has 0 bridgehead atoms. The Morgan fingerprint density at radius 2 is 1.28 bits per heavy atom. The van der Waals surface area contributed by atoms with E-state index >= 15 is 0 Å². The number of rotatable bonds is 11. The van der Waals surface area contributed by atoms with Crippen LogP contribution in [-0.4, -0.2) is 38.7 Å².